The summed E-state index contributed by atoms with van der Waals surface area (Å²) in [5.41, 5.74) is 0.787. The van der Waals surface area contributed by atoms with Crippen molar-refractivity contribution in [2.24, 2.45) is 0 Å². The number of alkyl halides is 3. The molecule has 0 aliphatic rings. The molecule has 0 amide bonds. The van der Waals surface area contributed by atoms with E-state index in [4.69, 9.17) is 23.2 Å². The Kier molecular flexibility index (Phi) is 6.61. The molecule has 6 nitrogen and oxygen atoms in total. The van der Waals surface area contributed by atoms with E-state index < -0.39 is 6.36 Å². The first kappa shape index (κ1) is 23.7. The van der Waals surface area contributed by atoms with E-state index >= 15 is 0 Å². The van der Waals surface area contributed by atoms with Crippen LogP contribution in [0.1, 0.15) is 20.8 Å². The zero-order valence-corrected chi connectivity index (χ0v) is 18.7. The second-order valence-electron chi connectivity index (χ2n) is 7.83. The van der Waals surface area contributed by atoms with Crippen molar-refractivity contribution in [2.45, 2.75) is 32.7 Å². The Labute approximate surface area is 192 Å². The van der Waals surface area contributed by atoms with Gasteiger partial charge in [-0.1, -0.05) is 35.3 Å². The van der Waals surface area contributed by atoms with Gasteiger partial charge in [0.15, 0.2) is 5.75 Å². The number of hydrogen-bond acceptors (Lipinski definition) is 6. The molecule has 1 heterocycles. The largest absolute Gasteiger partial charge is 0.573 e. The summed E-state index contributed by atoms with van der Waals surface area (Å²) in [6, 6.07) is 9.93. The fourth-order valence-corrected chi connectivity index (χ4v) is 3.18. The van der Waals surface area contributed by atoms with Crippen LogP contribution in [-0.4, -0.2) is 27.0 Å². The number of phenols is 1. The van der Waals surface area contributed by atoms with Gasteiger partial charge in [0.2, 0.25) is 5.95 Å². The van der Waals surface area contributed by atoms with Crippen LogP contribution in [0.25, 0.3) is 11.3 Å². The highest BCUT2D eigenvalue weighted by Crippen LogP contribution is 2.36. The summed E-state index contributed by atoms with van der Waals surface area (Å²) in [5, 5.41) is 16.0. The summed E-state index contributed by atoms with van der Waals surface area (Å²) < 4.78 is 41.9. The lowest BCUT2D eigenvalue weighted by molar-refractivity contribution is -0.274. The Morgan fingerprint density at radius 3 is 2.22 bits per heavy atom. The van der Waals surface area contributed by atoms with Crippen LogP contribution in [0.2, 0.25) is 10.0 Å². The minimum absolute atomic E-state index is 0.0410. The number of aromatic hydroxyl groups is 1. The highest BCUT2D eigenvalue weighted by Gasteiger charge is 2.31. The van der Waals surface area contributed by atoms with Crippen molar-refractivity contribution in [1.29, 1.82) is 0 Å². The minimum atomic E-state index is -4.81. The molecule has 0 radical (unpaired) electrons. The van der Waals surface area contributed by atoms with Crippen LogP contribution < -0.4 is 15.4 Å². The third-order valence-electron chi connectivity index (χ3n) is 3.87. The maximum atomic E-state index is 12.6. The molecular weight excluding hydrogens is 468 g/mol. The van der Waals surface area contributed by atoms with E-state index in [0.29, 0.717) is 22.8 Å². The third-order valence-corrected chi connectivity index (χ3v) is 4.44. The molecule has 11 heteroatoms. The standard InChI is InChI=1S/C21H19Cl2F3N4O2/c1-20(2,3)30-19-28-16(11-5-4-6-13(7-11)32-21(24,25)26)10-17(29-19)27-12-8-14(22)18(31)15(23)9-12/h4-10,31H,1-3H3,(H2,27,28,29,30). The smallest absolute Gasteiger partial charge is 0.505 e. The monoisotopic (exact) mass is 486 g/mol. The molecule has 32 heavy (non-hydrogen) atoms. The summed E-state index contributed by atoms with van der Waals surface area (Å²) in [5.74, 6) is -0.0540. The average Bonchev–Trinajstić information content (AvgIpc) is 2.63. The van der Waals surface area contributed by atoms with E-state index in [1.54, 1.807) is 12.1 Å². The van der Waals surface area contributed by atoms with Crippen LogP contribution in [-0.2, 0) is 0 Å². The van der Waals surface area contributed by atoms with Gasteiger partial charge in [-0.25, -0.2) is 4.98 Å². The molecule has 0 saturated heterocycles. The predicted molar refractivity (Wildman–Crippen MR) is 119 cm³/mol. The number of nitrogens with one attached hydrogen (secondary N) is 2. The Hall–Kier alpha value is -2.91. The average molecular weight is 487 g/mol. The molecule has 0 aliphatic carbocycles. The number of anilines is 3. The van der Waals surface area contributed by atoms with Crippen molar-refractivity contribution in [2.75, 3.05) is 10.6 Å². The van der Waals surface area contributed by atoms with Gasteiger partial charge in [0.25, 0.3) is 0 Å². The molecule has 3 N–H and O–H groups in total. The predicted octanol–water partition coefficient (Wildman–Crippen LogP) is 7.01. The van der Waals surface area contributed by atoms with Gasteiger partial charge < -0.3 is 20.5 Å². The van der Waals surface area contributed by atoms with Crippen LogP contribution in [0, 0.1) is 0 Å². The first-order valence-electron chi connectivity index (χ1n) is 9.27. The van der Waals surface area contributed by atoms with Gasteiger partial charge in [-0.3, -0.25) is 0 Å². The van der Waals surface area contributed by atoms with Gasteiger partial charge in [0.1, 0.15) is 11.6 Å². The van der Waals surface area contributed by atoms with E-state index in [-0.39, 0.29) is 33.0 Å². The van der Waals surface area contributed by atoms with E-state index in [2.05, 4.69) is 25.3 Å². The van der Waals surface area contributed by atoms with E-state index in [1.807, 2.05) is 20.8 Å². The summed E-state index contributed by atoms with van der Waals surface area (Å²) in [6.07, 6.45) is -4.81. The van der Waals surface area contributed by atoms with Crippen molar-refractivity contribution < 1.29 is 23.0 Å². The molecule has 0 aliphatic heterocycles. The maximum absolute atomic E-state index is 12.6. The number of nitrogens with zero attached hydrogens (tertiary/aromatic N) is 2. The summed E-state index contributed by atoms with van der Waals surface area (Å²) in [7, 11) is 0. The molecule has 0 unspecified atom stereocenters. The molecule has 3 aromatic rings. The Morgan fingerprint density at radius 1 is 0.969 bits per heavy atom. The Bertz CT molecular complexity index is 1110. The molecule has 3 rings (SSSR count). The van der Waals surface area contributed by atoms with Gasteiger partial charge in [0.05, 0.1) is 15.7 Å². The molecule has 0 fully saturated rings. The summed E-state index contributed by atoms with van der Waals surface area (Å²) in [4.78, 5) is 8.84. The first-order valence-corrected chi connectivity index (χ1v) is 10.0. The highest BCUT2D eigenvalue weighted by atomic mass is 35.5. The number of halogens is 5. The van der Waals surface area contributed by atoms with Crippen LogP contribution in [0.5, 0.6) is 11.5 Å². The molecule has 0 saturated carbocycles. The lowest BCUT2D eigenvalue weighted by Crippen LogP contribution is -2.27. The number of phenolic OH excluding ortho intramolecular Hbond substituents is 1. The molecule has 0 atom stereocenters. The van der Waals surface area contributed by atoms with Crippen molar-refractivity contribution >= 4 is 40.7 Å². The van der Waals surface area contributed by atoms with Crippen molar-refractivity contribution in [3.8, 4) is 22.8 Å². The molecule has 1 aromatic heterocycles. The maximum Gasteiger partial charge on any atom is 0.573 e. The molecule has 2 aromatic carbocycles. The van der Waals surface area contributed by atoms with Crippen molar-refractivity contribution in [3.05, 3.63) is 52.5 Å². The quantitative estimate of drug-likeness (QED) is 0.336. The Balaban J connectivity index is 2.03. The normalized spacial score (nSPS) is 11.9. The number of hydrogen-bond donors (Lipinski definition) is 3. The van der Waals surface area contributed by atoms with Gasteiger partial charge in [-0.15, -0.1) is 13.2 Å². The van der Waals surface area contributed by atoms with E-state index in [9.17, 15) is 18.3 Å². The van der Waals surface area contributed by atoms with E-state index in [1.165, 1.54) is 30.3 Å². The Morgan fingerprint density at radius 2 is 1.62 bits per heavy atom. The fourth-order valence-electron chi connectivity index (χ4n) is 2.69. The molecule has 170 valence electrons. The number of aromatic nitrogens is 2. The van der Waals surface area contributed by atoms with Gasteiger partial charge in [-0.05, 0) is 45.0 Å². The van der Waals surface area contributed by atoms with Crippen molar-refractivity contribution in [3.63, 3.8) is 0 Å². The van der Waals surface area contributed by atoms with Crippen LogP contribution >= 0.6 is 23.2 Å². The van der Waals surface area contributed by atoms with Crippen LogP contribution in [0.4, 0.5) is 30.6 Å². The summed E-state index contributed by atoms with van der Waals surface area (Å²) >= 11 is 12.0. The zero-order chi connectivity index (χ0) is 23.7. The van der Waals surface area contributed by atoms with Gasteiger partial charge in [0, 0.05) is 22.9 Å². The highest BCUT2D eigenvalue weighted by molar-refractivity contribution is 6.37. The van der Waals surface area contributed by atoms with Gasteiger partial charge >= 0.3 is 6.36 Å². The zero-order valence-electron chi connectivity index (χ0n) is 17.2. The van der Waals surface area contributed by atoms with Crippen LogP contribution in [0.3, 0.4) is 0 Å². The minimum Gasteiger partial charge on any atom is -0.505 e. The molecular formula is C21H19Cl2F3N4O2. The second kappa shape index (κ2) is 8.91. The third kappa shape index (κ3) is 6.54. The van der Waals surface area contributed by atoms with Crippen molar-refractivity contribution in [1.82, 2.24) is 9.97 Å². The van der Waals surface area contributed by atoms with Gasteiger partial charge in [-0.2, -0.15) is 4.98 Å². The number of benzene rings is 2. The number of rotatable bonds is 5. The molecule has 0 bridgehead atoms. The lowest BCUT2D eigenvalue weighted by Gasteiger charge is -2.21. The SMILES string of the molecule is CC(C)(C)Nc1nc(Nc2cc(Cl)c(O)c(Cl)c2)cc(-c2cccc(OC(F)(F)F)c2)n1. The van der Waals surface area contributed by atoms with Crippen LogP contribution in [0.15, 0.2) is 42.5 Å². The topological polar surface area (TPSA) is 79.3 Å². The second-order valence-corrected chi connectivity index (χ2v) is 8.64. The summed E-state index contributed by atoms with van der Waals surface area (Å²) in [6.45, 7) is 5.73. The first-order chi connectivity index (χ1) is 14.8. The lowest BCUT2D eigenvalue weighted by atomic mass is 10.1. The molecule has 0 spiro atoms. The fraction of sp³-hybridized carbons (Fsp3) is 0.238. The van der Waals surface area contributed by atoms with E-state index in [0.717, 1.165) is 0 Å². The number of ether oxygens (including phenoxy) is 1.